The Kier molecular flexibility index (Phi) is 6.84. The minimum Gasteiger partial charge on any atom is -0.333 e. The predicted molar refractivity (Wildman–Crippen MR) is 155 cm³/mol. The summed E-state index contributed by atoms with van der Waals surface area (Å²) in [6, 6.07) is 23.8. The summed E-state index contributed by atoms with van der Waals surface area (Å²) in [6.07, 6.45) is 2.67. The number of benzene rings is 3. The Balaban J connectivity index is 1.27. The van der Waals surface area contributed by atoms with E-state index in [0.717, 1.165) is 34.4 Å². The Hall–Kier alpha value is -4.13. The Morgan fingerprint density at radius 3 is 2.39 bits per heavy atom. The minimum atomic E-state index is -3.75. The van der Waals surface area contributed by atoms with Gasteiger partial charge >= 0.3 is 5.92 Å². The summed E-state index contributed by atoms with van der Waals surface area (Å²) >= 11 is 0. The third-order valence-corrected chi connectivity index (χ3v) is 8.49. The number of aromatic amines is 1. The number of halogens is 2. The molecule has 0 radical (unpaired) electrons. The third-order valence-electron chi connectivity index (χ3n) is 8.49. The normalized spacial score (nSPS) is 16.3. The van der Waals surface area contributed by atoms with E-state index in [9.17, 15) is 9.59 Å². The maximum absolute atomic E-state index is 15.8. The zero-order valence-electron chi connectivity index (χ0n) is 23.3. The molecule has 1 aliphatic carbocycles. The second kappa shape index (κ2) is 10.4. The van der Waals surface area contributed by atoms with Gasteiger partial charge in [-0.15, -0.1) is 0 Å². The van der Waals surface area contributed by atoms with Gasteiger partial charge in [0.15, 0.2) is 0 Å². The van der Waals surface area contributed by atoms with Crippen LogP contribution in [0.3, 0.4) is 0 Å². The van der Waals surface area contributed by atoms with Crippen molar-refractivity contribution in [2.24, 2.45) is 0 Å². The van der Waals surface area contributed by atoms with Crippen LogP contribution >= 0.6 is 0 Å². The van der Waals surface area contributed by atoms with E-state index in [0.29, 0.717) is 41.4 Å². The van der Waals surface area contributed by atoms with Crippen molar-refractivity contribution in [2.75, 3.05) is 6.54 Å². The fourth-order valence-corrected chi connectivity index (χ4v) is 5.86. The Morgan fingerprint density at radius 1 is 0.976 bits per heavy atom. The Morgan fingerprint density at radius 2 is 1.68 bits per heavy atom. The maximum Gasteiger partial charge on any atom is 0.349 e. The van der Waals surface area contributed by atoms with Crippen molar-refractivity contribution in [1.29, 1.82) is 0 Å². The van der Waals surface area contributed by atoms with Crippen LogP contribution in [0.5, 0.6) is 0 Å². The number of aromatic nitrogens is 2. The highest BCUT2D eigenvalue weighted by Gasteiger charge is 2.49. The lowest BCUT2D eigenvalue weighted by molar-refractivity contribution is -0.159. The number of alkyl halides is 2. The number of hydrogen-bond donors (Lipinski definition) is 1. The quantitative estimate of drug-likeness (QED) is 0.289. The molecule has 1 saturated carbocycles. The monoisotopic (exact) mass is 553 g/mol. The van der Waals surface area contributed by atoms with Gasteiger partial charge in [0.2, 0.25) is 0 Å². The molecule has 1 fully saturated rings. The molecule has 41 heavy (non-hydrogen) atoms. The molecule has 5 nitrogen and oxygen atoms in total. The lowest BCUT2D eigenvalue weighted by Gasteiger charge is -2.26. The van der Waals surface area contributed by atoms with E-state index in [1.54, 1.807) is 12.1 Å². The zero-order chi connectivity index (χ0) is 28.8. The number of amides is 1. The molecule has 1 aromatic heterocycles. The van der Waals surface area contributed by atoms with Crippen molar-refractivity contribution in [3.8, 4) is 11.1 Å². The van der Waals surface area contributed by atoms with Crippen LogP contribution < -0.4 is 5.56 Å². The molecule has 6 rings (SSSR count). The first-order chi connectivity index (χ1) is 19.7. The number of nitrogens with one attached hydrogen (secondary N) is 1. The molecule has 1 N–H and O–H groups in total. The lowest BCUT2D eigenvalue weighted by atomic mass is 9.94. The predicted octanol–water partition coefficient (Wildman–Crippen LogP) is 6.71. The van der Waals surface area contributed by atoms with Crippen LogP contribution in [0.15, 0.2) is 83.7 Å². The first-order valence-corrected chi connectivity index (χ1v) is 14.3. The molecule has 210 valence electrons. The van der Waals surface area contributed by atoms with E-state index in [-0.39, 0.29) is 29.6 Å². The number of carbonyl (C=O) groups excluding carboxylic acids is 1. The maximum atomic E-state index is 15.8. The Bertz CT molecular complexity index is 1660. The first-order valence-electron chi connectivity index (χ1n) is 14.3. The van der Waals surface area contributed by atoms with Gasteiger partial charge < -0.3 is 9.88 Å². The van der Waals surface area contributed by atoms with Crippen molar-refractivity contribution < 1.29 is 13.6 Å². The van der Waals surface area contributed by atoms with E-state index in [1.807, 2.05) is 54.6 Å². The zero-order valence-corrected chi connectivity index (χ0v) is 23.3. The van der Waals surface area contributed by atoms with E-state index in [1.165, 1.54) is 12.1 Å². The smallest absolute Gasteiger partial charge is 0.333 e. The van der Waals surface area contributed by atoms with Crippen LogP contribution in [0.1, 0.15) is 72.8 Å². The van der Waals surface area contributed by atoms with Gasteiger partial charge in [0.05, 0.1) is 23.2 Å². The summed E-state index contributed by atoms with van der Waals surface area (Å²) in [5.41, 5.74) is 3.51. The summed E-state index contributed by atoms with van der Waals surface area (Å²) in [4.78, 5) is 35.5. The molecule has 0 unspecified atom stereocenters. The first kappa shape index (κ1) is 27.1. The van der Waals surface area contributed by atoms with E-state index < -0.39 is 11.8 Å². The van der Waals surface area contributed by atoms with Gasteiger partial charge in [-0.05, 0) is 59.9 Å². The van der Waals surface area contributed by atoms with Crippen molar-refractivity contribution >= 4 is 5.91 Å². The molecular weight excluding hydrogens is 520 g/mol. The number of rotatable bonds is 6. The Labute approximate surface area is 238 Å². The SMILES string of the molecule is CC(C)c1cccc(-c2cccc(C(F)(F)C(=O)N3CCCc4nc(C5(c6ccccc6)CC5)[nH]c(=O)c4C3)c2)c1. The van der Waals surface area contributed by atoms with Crippen molar-refractivity contribution in [2.45, 2.75) is 63.3 Å². The molecular formula is C34H33F2N3O2. The van der Waals surface area contributed by atoms with E-state index in [2.05, 4.69) is 18.8 Å². The second-order valence-electron chi connectivity index (χ2n) is 11.6. The van der Waals surface area contributed by atoms with E-state index >= 15 is 8.78 Å². The number of aryl methyl sites for hydroxylation is 1. The molecule has 2 aliphatic rings. The van der Waals surface area contributed by atoms with Gasteiger partial charge in [-0.2, -0.15) is 8.78 Å². The molecule has 0 saturated heterocycles. The van der Waals surface area contributed by atoms with Gasteiger partial charge in [0.25, 0.3) is 11.5 Å². The summed E-state index contributed by atoms with van der Waals surface area (Å²) in [5.74, 6) is -4.13. The van der Waals surface area contributed by atoms with Crippen LogP contribution in [0.2, 0.25) is 0 Å². The number of fused-ring (bicyclic) bond motifs is 1. The molecule has 3 aromatic carbocycles. The summed E-state index contributed by atoms with van der Waals surface area (Å²) in [7, 11) is 0. The van der Waals surface area contributed by atoms with Gasteiger partial charge in [0.1, 0.15) is 5.82 Å². The van der Waals surface area contributed by atoms with Gasteiger partial charge in [-0.3, -0.25) is 9.59 Å². The van der Waals surface area contributed by atoms with Gasteiger partial charge in [0, 0.05) is 12.1 Å². The van der Waals surface area contributed by atoms with Crippen LogP contribution in [-0.2, 0) is 29.1 Å². The molecule has 1 aliphatic heterocycles. The summed E-state index contributed by atoms with van der Waals surface area (Å²) < 4.78 is 31.5. The van der Waals surface area contributed by atoms with Crippen molar-refractivity contribution in [1.82, 2.24) is 14.9 Å². The van der Waals surface area contributed by atoms with Crippen LogP contribution in [-0.4, -0.2) is 27.3 Å². The average Bonchev–Trinajstić information content (AvgIpc) is 3.82. The number of carbonyl (C=O) groups is 1. The lowest BCUT2D eigenvalue weighted by Crippen LogP contribution is -2.42. The fraction of sp³-hybridized carbons (Fsp3) is 0.324. The van der Waals surface area contributed by atoms with Crippen molar-refractivity contribution in [3.05, 3.63) is 123 Å². The van der Waals surface area contributed by atoms with Crippen LogP contribution in [0.4, 0.5) is 8.78 Å². The summed E-state index contributed by atoms with van der Waals surface area (Å²) in [5, 5.41) is 0. The molecule has 0 spiro atoms. The summed E-state index contributed by atoms with van der Waals surface area (Å²) in [6.45, 7) is 4.09. The number of nitrogens with zero attached hydrogens (tertiary/aromatic N) is 2. The number of hydrogen-bond acceptors (Lipinski definition) is 3. The standard InChI is InChI=1S/C34H33F2N3O2/c1-22(2)23-9-6-10-24(19-23)25-11-7-14-27(20-25)34(35,36)32(41)39-18-8-15-29-28(21-39)30(40)38-31(37-29)33(16-17-33)26-12-4-3-5-13-26/h3-7,9-14,19-20,22H,8,15-18,21H2,1-2H3,(H,37,38,40). The van der Waals surface area contributed by atoms with Crippen LogP contribution in [0.25, 0.3) is 11.1 Å². The number of H-pyrrole nitrogens is 1. The highest BCUT2D eigenvalue weighted by atomic mass is 19.3. The van der Waals surface area contributed by atoms with Crippen LogP contribution in [0, 0.1) is 0 Å². The van der Waals surface area contributed by atoms with Gasteiger partial charge in [-0.25, -0.2) is 4.98 Å². The molecule has 7 heteroatoms. The molecule has 2 heterocycles. The highest BCUT2D eigenvalue weighted by Crippen LogP contribution is 2.52. The largest absolute Gasteiger partial charge is 0.349 e. The topological polar surface area (TPSA) is 66.1 Å². The molecule has 0 bridgehead atoms. The third kappa shape index (κ3) is 4.98. The molecule has 4 aromatic rings. The second-order valence-corrected chi connectivity index (χ2v) is 11.6. The highest BCUT2D eigenvalue weighted by molar-refractivity contribution is 5.85. The van der Waals surface area contributed by atoms with E-state index in [4.69, 9.17) is 4.98 Å². The fourth-order valence-electron chi connectivity index (χ4n) is 5.86. The minimum absolute atomic E-state index is 0.125. The molecule has 0 atom stereocenters. The average molecular weight is 554 g/mol. The molecule has 1 amide bonds. The van der Waals surface area contributed by atoms with Gasteiger partial charge in [-0.1, -0.05) is 86.6 Å². The van der Waals surface area contributed by atoms with Crippen molar-refractivity contribution in [3.63, 3.8) is 0 Å².